The van der Waals surface area contributed by atoms with E-state index in [1.54, 1.807) is 6.07 Å². The van der Waals surface area contributed by atoms with E-state index in [1.165, 1.54) is 6.07 Å². The van der Waals surface area contributed by atoms with Gasteiger partial charge in [0.05, 0.1) is 10.2 Å². The molecule has 1 aromatic rings. The summed E-state index contributed by atoms with van der Waals surface area (Å²) in [5.41, 5.74) is 0.524. The Morgan fingerprint density at radius 2 is 2.18 bits per heavy atom. The monoisotopic (exact) mass is 286 g/mol. The molecule has 0 bridgehead atoms. The molecule has 0 aliphatic rings. The molecule has 0 unspecified atom stereocenters. The van der Waals surface area contributed by atoms with Gasteiger partial charge < -0.3 is 5.11 Å². The smallest absolute Gasteiger partial charge is 0.138 e. The van der Waals surface area contributed by atoms with Crippen LogP contribution in [0.1, 0.15) is 5.56 Å². The number of aliphatic hydroxyl groups is 1. The molecule has 1 aromatic carbocycles. The van der Waals surface area contributed by atoms with Crippen molar-refractivity contribution in [3.8, 4) is 0 Å². The molecular weight excluding hydrogens is 281 g/mol. The predicted molar refractivity (Wildman–Crippen MR) is 50.0 cm³/mol. The fourth-order valence-corrected chi connectivity index (χ4v) is 1.43. The van der Waals surface area contributed by atoms with Gasteiger partial charge in [0.1, 0.15) is 5.82 Å². The molecule has 0 aromatic heterocycles. The molecule has 0 saturated carbocycles. The molecule has 0 heterocycles. The van der Waals surface area contributed by atoms with E-state index in [2.05, 4.69) is 0 Å². The van der Waals surface area contributed by atoms with Crippen molar-refractivity contribution in [2.75, 3.05) is 0 Å². The van der Waals surface area contributed by atoms with Crippen molar-refractivity contribution < 1.29 is 9.50 Å². The normalized spacial score (nSPS) is 10.2. The molecule has 0 atom stereocenters. The maximum absolute atomic E-state index is 12.8. The minimum atomic E-state index is -0.387. The Hall–Kier alpha value is 0.130. The summed E-state index contributed by atoms with van der Waals surface area (Å²) in [6.45, 7) is -0.185. The van der Waals surface area contributed by atoms with Crippen LogP contribution in [0.5, 0.6) is 0 Å². The SMILES string of the molecule is OCc1cc(Cl)cc(F)c1I. The molecule has 60 valence electrons. The van der Waals surface area contributed by atoms with E-state index in [-0.39, 0.29) is 12.4 Å². The van der Waals surface area contributed by atoms with Crippen molar-refractivity contribution in [2.24, 2.45) is 0 Å². The molecule has 0 amide bonds. The highest BCUT2D eigenvalue weighted by Crippen LogP contribution is 2.21. The number of halogens is 3. The molecule has 1 N–H and O–H groups in total. The molecule has 0 radical (unpaired) electrons. The predicted octanol–water partition coefficient (Wildman–Crippen LogP) is 2.58. The fraction of sp³-hybridized carbons (Fsp3) is 0.143. The molecule has 0 saturated heterocycles. The Labute approximate surface area is 82.3 Å². The largest absolute Gasteiger partial charge is 0.392 e. The summed E-state index contributed by atoms with van der Waals surface area (Å²) in [4.78, 5) is 0. The third-order valence-corrected chi connectivity index (χ3v) is 2.66. The van der Waals surface area contributed by atoms with E-state index in [4.69, 9.17) is 16.7 Å². The highest BCUT2D eigenvalue weighted by atomic mass is 127. The minimum absolute atomic E-state index is 0.185. The quantitative estimate of drug-likeness (QED) is 0.621. The van der Waals surface area contributed by atoms with Crippen LogP contribution in [0, 0.1) is 9.39 Å². The van der Waals surface area contributed by atoms with E-state index in [1.807, 2.05) is 22.6 Å². The third-order valence-electron chi connectivity index (χ3n) is 1.24. The highest BCUT2D eigenvalue weighted by Gasteiger charge is 2.05. The first-order valence-electron chi connectivity index (χ1n) is 2.89. The van der Waals surface area contributed by atoms with E-state index >= 15 is 0 Å². The van der Waals surface area contributed by atoms with Gasteiger partial charge in [-0.25, -0.2) is 4.39 Å². The molecule has 11 heavy (non-hydrogen) atoms. The van der Waals surface area contributed by atoms with E-state index in [0.717, 1.165) is 0 Å². The second-order valence-electron chi connectivity index (χ2n) is 2.02. The second kappa shape index (κ2) is 3.69. The topological polar surface area (TPSA) is 20.2 Å². The molecule has 1 rings (SSSR count). The average molecular weight is 286 g/mol. The van der Waals surface area contributed by atoms with Gasteiger partial charge in [-0.2, -0.15) is 0 Å². The van der Waals surface area contributed by atoms with Crippen LogP contribution in [0.3, 0.4) is 0 Å². The summed E-state index contributed by atoms with van der Waals surface area (Å²) in [5, 5.41) is 9.05. The molecule has 0 aliphatic heterocycles. The first kappa shape index (κ1) is 9.22. The lowest BCUT2D eigenvalue weighted by molar-refractivity contribution is 0.280. The van der Waals surface area contributed by atoms with Crippen LogP contribution in [-0.4, -0.2) is 5.11 Å². The van der Waals surface area contributed by atoms with Crippen LogP contribution in [0.25, 0.3) is 0 Å². The molecule has 0 spiro atoms. The van der Waals surface area contributed by atoms with Crippen molar-refractivity contribution in [3.05, 3.63) is 32.1 Å². The van der Waals surface area contributed by atoms with Crippen LogP contribution in [-0.2, 0) is 6.61 Å². The lowest BCUT2D eigenvalue weighted by atomic mass is 10.2. The van der Waals surface area contributed by atoms with E-state index < -0.39 is 0 Å². The Balaban J connectivity index is 3.24. The Morgan fingerprint density at radius 1 is 1.55 bits per heavy atom. The number of rotatable bonds is 1. The van der Waals surface area contributed by atoms with Crippen LogP contribution >= 0.6 is 34.2 Å². The third kappa shape index (κ3) is 2.04. The fourth-order valence-electron chi connectivity index (χ4n) is 0.724. The van der Waals surface area contributed by atoms with Crippen LogP contribution in [0.2, 0.25) is 5.02 Å². The zero-order valence-electron chi connectivity index (χ0n) is 5.44. The van der Waals surface area contributed by atoms with Crippen LogP contribution in [0.15, 0.2) is 12.1 Å². The molecular formula is C7H5ClFIO. The zero-order chi connectivity index (χ0) is 8.43. The van der Waals surface area contributed by atoms with Gasteiger partial charge >= 0.3 is 0 Å². The van der Waals surface area contributed by atoms with E-state index in [9.17, 15) is 4.39 Å². The Morgan fingerprint density at radius 3 is 2.73 bits per heavy atom. The van der Waals surface area contributed by atoms with Crippen molar-refractivity contribution in [2.45, 2.75) is 6.61 Å². The summed E-state index contributed by atoms with van der Waals surface area (Å²) in [6.07, 6.45) is 0. The van der Waals surface area contributed by atoms with Crippen molar-refractivity contribution >= 4 is 34.2 Å². The van der Waals surface area contributed by atoms with Crippen molar-refractivity contribution in [3.63, 3.8) is 0 Å². The maximum Gasteiger partial charge on any atom is 0.138 e. The summed E-state index contributed by atoms with van der Waals surface area (Å²) >= 11 is 7.37. The van der Waals surface area contributed by atoms with Gasteiger partial charge in [0, 0.05) is 5.02 Å². The summed E-state index contributed by atoms with van der Waals surface area (Å²) in [5.74, 6) is -0.387. The lowest BCUT2D eigenvalue weighted by Gasteiger charge is -2.01. The van der Waals surface area contributed by atoms with Gasteiger partial charge in [-0.15, -0.1) is 0 Å². The lowest BCUT2D eigenvalue weighted by Crippen LogP contribution is -1.92. The van der Waals surface area contributed by atoms with Crippen LogP contribution < -0.4 is 0 Å². The van der Waals surface area contributed by atoms with Gasteiger partial charge in [0.25, 0.3) is 0 Å². The Bertz CT molecular complexity index is 277. The summed E-state index contributed by atoms with van der Waals surface area (Å²) in [7, 11) is 0. The Kier molecular flexibility index (Phi) is 3.09. The standard InChI is InChI=1S/C7H5ClFIO/c8-5-1-4(3-11)7(10)6(9)2-5/h1-2,11H,3H2. The van der Waals surface area contributed by atoms with Gasteiger partial charge in [0.2, 0.25) is 0 Å². The first-order valence-corrected chi connectivity index (χ1v) is 4.35. The van der Waals surface area contributed by atoms with Gasteiger partial charge in [0.15, 0.2) is 0 Å². The number of hydrogen-bond acceptors (Lipinski definition) is 1. The van der Waals surface area contributed by atoms with Crippen LogP contribution in [0.4, 0.5) is 4.39 Å². The van der Waals surface area contributed by atoms with Crippen molar-refractivity contribution in [1.82, 2.24) is 0 Å². The molecule has 0 aliphatic carbocycles. The molecule has 4 heteroatoms. The maximum atomic E-state index is 12.8. The number of aliphatic hydroxyl groups excluding tert-OH is 1. The van der Waals surface area contributed by atoms with Gasteiger partial charge in [-0.1, -0.05) is 11.6 Å². The zero-order valence-corrected chi connectivity index (χ0v) is 8.36. The number of hydrogen-bond donors (Lipinski definition) is 1. The first-order chi connectivity index (χ1) is 5.15. The average Bonchev–Trinajstić information content (AvgIpc) is 1.96. The molecule has 0 fully saturated rings. The molecule has 1 nitrogen and oxygen atoms in total. The van der Waals surface area contributed by atoms with E-state index in [0.29, 0.717) is 14.2 Å². The highest BCUT2D eigenvalue weighted by molar-refractivity contribution is 14.1. The van der Waals surface area contributed by atoms with Gasteiger partial charge in [-0.3, -0.25) is 0 Å². The van der Waals surface area contributed by atoms with Gasteiger partial charge in [-0.05, 0) is 40.3 Å². The number of benzene rings is 1. The minimum Gasteiger partial charge on any atom is -0.392 e. The summed E-state index contributed by atoms with van der Waals surface area (Å²) < 4.78 is 13.2. The second-order valence-corrected chi connectivity index (χ2v) is 3.53. The summed E-state index contributed by atoms with van der Waals surface area (Å²) in [6, 6.07) is 2.77. The van der Waals surface area contributed by atoms with Crippen molar-refractivity contribution in [1.29, 1.82) is 0 Å².